The third-order valence-corrected chi connectivity index (χ3v) is 3.51. The van der Waals surface area contributed by atoms with Crippen molar-refractivity contribution in [2.24, 2.45) is 5.73 Å². The lowest BCUT2D eigenvalue weighted by Crippen LogP contribution is -2.32. The molecule has 1 atom stereocenters. The number of aromatic nitrogens is 1. The average molecular weight is 285 g/mol. The fraction of sp³-hybridized carbons (Fsp3) is 0.538. The summed E-state index contributed by atoms with van der Waals surface area (Å²) in [6.45, 7) is 5.98. The minimum atomic E-state index is -0.530. The number of hydrogen-bond acceptors (Lipinski definition) is 4. The first-order valence-corrected chi connectivity index (χ1v) is 6.73. The van der Waals surface area contributed by atoms with Gasteiger partial charge in [-0.05, 0) is 26.5 Å². The first-order chi connectivity index (χ1) is 8.95. The summed E-state index contributed by atoms with van der Waals surface area (Å²) < 4.78 is 0. The van der Waals surface area contributed by atoms with Gasteiger partial charge < -0.3 is 16.0 Å². The third-order valence-electron chi connectivity index (χ3n) is 3.23. The van der Waals surface area contributed by atoms with Crippen molar-refractivity contribution in [1.82, 2.24) is 9.88 Å². The first-order valence-electron chi connectivity index (χ1n) is 6.35. The van der Waals surface area contributed by atoms with Crippen LogP contribution in [-0.4, -0.2) is 42.0 Å². The highest BCUT2D eigenvalue weighted by Crippen LogP contribution is 2.19. The van der Waals surface area contributed by atoms with Crippen molar-refractivity contribution in [2.45, 2.75) is 26.3 Å². The number of pyridine rings is 1. The van der Waals surface area contributed by atoms with Gasteiger partial charge in [0.05, 0.1) is 10.6 Å². The number of nitrogens with zero attached hydrogens (tertiary/aromatic N) is 2. The molecular formula is C13H21ClN4O. The number of halogens is 1. The molecule has 1 amide bonds. The van der Waals surface area contributed by atoms with Gasteiger partial charge in [-0.3, -0.25) is 4.79 Å². The fourth-order valence-corrected chi connectivity index (χ4v) is 1.82. The van der Waals surface area contributed by atoms with Gasteiger partial charge >= 0.3 is 0 Å². The SMILES string of the molecule is CCC(C)N(C)CCNc1ncc(C(N)=O)cc1Cl. The number of anilines is 1. The van der Waals surface area contributed by atoms with Crippen molar-refractivity contribution >= 4 is 23.3 Å². The van der Waals surface area contributed by atoms with E-state index >= 15 is 0 Å². The predicted octanol–water partition coefficient (Wildman–Crippen LogP) is 1.98. The van der Waals surface area contributed by atoms with Crippen molar-refractivity contribution in [1.29, 1.82) is 0 Å². The molecule has 0 saturated heterocycles. The van der Waals surface area contributed by atoms with Crippen LogP contribution in [0.15, 0.2) is 12.3 Å². The van der Waals surface area contributed by atoms with E-state index in [0.29, 0.717) is 22.4 Å². The van der Waals surface area contributed by atoms with Gasteiger partial charge in [0.15, 0.2) is 0 Å². The Morgan fingerprint density at radius 3 is 2.84 bits per heavy atom. The van der Waals surface area contributed by atoms with Crippen molar-refractivity contribution in [2.75, 3.05) is 25.5 Å². The molecule has 0 aliphatic carbocycles. The summed E-state index contributed by atoms with van der Waals surface area (Å²) in [5.74, 6) is 0.0432. The highest BCUT2D eigenvalue weighted by Gasteiger charge is 2.08. The van der Waals surface area contributed by atoms with Gasteiger partial charge in [-0.2, -0.15) is 0 Å². The summed E-state index contributed by atoms with van der Waals surface area (Å²) in [5, 5.41) is 3.56. The smallest absolute Gasteiger partial charge is 0.250 e. The number of likely N-dealkylation sites (N-methyl/N-ethyl adjacent to an activating group) is 1. The van der Waals surface area contributed by atoms with Crippen LogP contribution in [0.1, 0.15) is 30.6 Å². The van der Waals surface area contributed by atoms with Gasteiger partial charge in [-0.1, -0.05) is 18.5 Å². The highest BCUT2D eigenvalue weighted by atomic mass is 35.5. The van der Waals surface area contributed by atoms with Crippen molar-refractivity contribution in [3.8, 4) is 0 Å². The molecule has 1 heterocycles. The normalized spacial score (nSPS) is 12.5. The van der Waals surface area contributed by atoms with Crippen LogP contribution in [0.3, 0.4) is 0 Å². The Morgan fingerprint density at radius 2 is 2.32 bits per heavy atom. The topological polar surface area (TPSA) is 71.2 Å². The highest BCUT2D eigenvalue weighted by molar-refractivity contribution is 6.33. The second kappa shape index (κ2) is 7.31. The molecule has 1 aromatic heterocycles. The van der Waals surface area contributed by atoms with E-state index in [1.165, 1.54) is 12.3 Å². The van der Waals surface area contributed by atoms with Gasteiger partial charge in [-0.15, -0.1) is 0 Å². The quantitative estimate of drug-likeness (QED) is 0.803. The first kappa shape index (κ1) is 15.7. The standard InChI is InChI=1S/C13H21ClN4O/c1-4-9(2)18(3)6-5-16-13-11(14)7-10(8-17-13)12(15)19/h7-9H,4-6H2,1-3H3,(H2,15,19)(H,16,17). The van der Waals surface area contributed by atoms with Crippen LogP contribution < -0.4 is 11.1 Å². The summed E-state index contributed by atoms with van der Waals surface area (Å²) >= 11 is 6.03. The van der Waals surface area contributed by atoms with E-state index in [9.17, 15) is 4.79 Å². The van der Waals surface area contributed by atoms with Crippen LogP contribution in [0.4, 0.5) is 5.82 Å². The number of nitrogens with two attached hydrogens (primary N) is 1. The molecule has 0 bridgehead atoms. The van der Waals surface area contributed by atoms with E-state index in [1.807, 2.05) is 0 Å². The van der Waals surface area contributed by atoms with Crippen LogP contribution in [-0.2, 0) is 0 Å². The monoisotopic (exact) mass is 284 g/mol. The van der Waals surface area contributed by atoms with Crippen molar-refractivity contribution in [3.63, 3.8) is 0 Å². The maximum absolute atomic E-state index is 11.0. The second-order valence-electron chi connectivity index (χ2n) is 4.58. The second-order valence-corrected chi connectivity index (χ2v) is 4.99. The van der Waals surface area contributed by atoms with Gasteiger partial charge in [0.2, 0.25) is 5.91 Å². The fourth-order valence-electron chi connectivity index (χ4n) is 1.59. The Morgan fingerprint density at radius 1 is 1.63 bits per heavy atom. The lowest BCUT2D eigenvalue weighted by atomic mass is 10.2. The lowest BCUT2D eigenvalue weighted by Gasteiger charge is -2.23. The van der Waals surface area contributed by atoms with Gasteiger partial charge in [0.25, 0.3) is 0 Å². The summed E-state index contributed by atoms with van der Waals surface area (Å²) in [6, 6.07) is 2.07. The summed E-state index contributed by atoms with van der Waals surface area (Å²) in [6.07, 6.45) is 2.54. The molecule has 1 unspecified atom stereocenters. The van der Waals surface area contributed by atoms with Gasteiger partial charge in [-0.25, -0.2) is 4.98 Å². The molecule has 0 saturated carbocycles. The molecule has 19 heavy (non-hydrogen) atoms. The number of rotatable bonds is 7. The van der Waals surface area contributed by atoms with E-state index in [-0.39, 0.29) is 0 Å². The number of carbonyl (C=O) groups excluding carboxylic acids is 1. The summed E-state index contributed by atoms with van der Waals surface area (Å²) in [4.78, 5) is 17.3. The molecule has 0 aliphatic heterocycles. The Kier molecular flexibility index (Phi) is 6.05. The Hall–Kier alpha value is -1.33. The number of amides is 1. The van der Waals surface area contributed by atoms with E-state index in [2.05, 4.69) is 36.1 Å². The molecule has 0 fully saturated rings. The molecule has 0 aromatic carbocycles. The van der Waals surface area contributed by atoms with E-state index in [1.54, 1.807) is 0 Å². The van der Waals surface area contributed by atoms with Crippen molar-refractivity contribution < 1.29 is 4.79 Å². The zero-order chi connectivity index (χ0) is 14.4. The van der Waals surface area contributed by atoms with Crippen LogP contribution in [0.5, 0.6) is 0 Å². The van der Waals surface area contributed by atoms with Crippen LogP contribution >= 0.6 is 11.6 Å². The molecule has 0 aliphatic rings. The molecule has 6 heteroatoms. The molecular weight excluding hydrogens is 264 g/mol. The molecule has 1 rings (SSSR count). The number of carbonyl (C=O) groups is 1. The summed E-state index contributed by atoms with van der Waals surface area (Å²) in [7, 11) is 2.08. The average Bonchev–Trinajstić information content (AvgIpc) is 2.39. The predicted molar refractivity (Wildman–Crippen MR) is 78.6 cm³/mol. The van der Waals surface area contributed by atoms with E-state index in [4.69, 9.17) is 17.3 Å². The minimum Gasteiger partial charge on any atom is -0.368 e. The maximum Gasteiger partial charge on any atom is 0.250 e. The molecule has 1 aromatic rings. The Labute approximate surface area is 119 Å². The number of hydrogen-bond donors (Lipinski definition) is 2. The largest absolute Gasteiger partial charge is 0.368 e. The zero-order valence-electron chi connectivity index (χ0n) is 11.6. The van der Waals surface area contributed by atoms with Gasteiger partial charge in [0, 0.05) is 25.3 Å². The molecule has 3 N–H and O–H groups in total. The van der Waals surface area contributed by atoms with Gasteiger partial charge in [0.1, 0.15) is 5.82 Å². The van der Waals surface area contributed by atoms with E-state index < -0.39 is 5.91 Å². The molecule has 0 radical (unpaired) electrons. The number of primary amides is 1. The van der Waals surface area contributed by atoms with Crippen LogP contribution in [0.2, 0.25) is 5.02 Å². The number of nitrogens with one attached hydrogen (secondary N) is 1. The molecule has 106 valence electrons. The Bertz CT molecular complexity index is 439. The molecule has 0 spiro atoms. The van der Waals surface area contributed by atoms with E-state index in [0.717, 1.165) is 19.5 Å². The van der Waals surface area contributed by atoms with Crippen molar-refractivity contribution in [3.05, 3.63) is 22.8 Å². The van der Waals surface area contributed by atoms with Crippen LogP contribution in [0.25, 0.3) is 0 Å². The van der Waals surface area contributed by atoms with Crippen LogP contribution in [0, 0.1) is 0 Å². The minimum absolute atomic E-state index is 0.312. The lowest BCUT2D eigenvalue weighted by molar-refractivity contribution is 0.1000. The molecule has 5 nitrogen and oxygen atoms in total. The third kappa shape index (κ3) is 4.69. The zero-order valence-corrected chi connectivity index (χ0v) is 12.4. The summed E-state index contributed by atoms with van der Waals surface area (Å²) in [5.41, 5.74) is 5.47. The Balaban J connectivity index is 2.52. The maximum atomic E-state index is 11.0.